The van der Waals surface area contributed by atoms with Crippen molar-refractivity contribution in [2.45, 2.75) is 32.1 Å². The van der Waals surface area contributed by atoms with Crippen LogP contribution in [0.15, 0.2) is 0 Å². The van der Waals surface area contributed by atoms with E-state index in [0.717, 1.165) is 19.1 Å². The highest BCUT2D eigenvalue weighted by Gasteiger charge is 2.34. The van der Waals surface area contributed by atoms with Gasteiger partial charge in [0, 0.05) is 12.5 Å². The summed E-state index contributed by atoms with van der Waals surface area (Å²) in [7, 11) is 0. The van der Waals surface area contributed by atoms with Crippen molar-refractivity contribution in [1.29, 1.82) is 0 Å². The lowest BCUT2D eigenvalue weighted by molar-refractivity contribution is -0.0885. The number of aliphatic hydroxyl groups is 1. The van der Waals surface area contributed by atoms with Crippen LogP contribution in [0.2, 0.25) is 0 Å². The van der Waals surface area contributed by atoms with Crippen LogP contribution in [0.3, 0.4) is 0 Å². The molecule has 76 valence electrons. The molecule has 1 saturated heterocycles. The second kappa shape index (κ2) is 4.43. The third-order valence-corrected chi connectivity index (χ3v) is 3.74. The van der Waals surface area contributed by atoms with Gasteiger partial charge in [0.25, 0.3) is 0 Å². The molecular formula is C11H20O2. The van der Waals surface area contributed by atoms with Crippen molar-refractivity contribution in [2.24, 2.45) is 17.8 Å². The van der Waals surface area contributed by atoms with E-state index in [0.29, 0.717) is 18.4 Å². The van der Waals surface area contributed by atoms with Crippen molar-refractivity contribution in [3.05, 3.63) is 0 Å². The molecule has 0 radical (unpaired) electrons. The van der Waals surface area contributed by atoms with Gasteiger partial charge in [-0.2, -0.15) is 0 Å². The van der Waals surface area contributed by atoms with Gasteiger partial charge in [-0.1, -0.05) is 32.1 Å². The smallest absolute Gasteiger partial charge is 0.0520 e. The van der Waals surface area contributed by atoms with Crippen LogP contribution in [0.1, 0.15) is 32.1 Å². The lowest BCUT2D eigenvalue weighted by atomic mass is 9.74. The Morgan fingerprint density at radius 2 is 1.77 bits per heavy atom. The average molecular weight is 184 g/mol. The van der Waals surface area contributed by atoms with Crippen molar-refractivity contribution in [1.82, 2.24) is 0 Å². The maximum Gasteiger partial charge on any atom is 0.0520 e. The molecule has 2 heteroatoms. The van der Waals surface area contributed by atoms with Gasteiger partial charge < -0.3 is 9.84 Å². The molecule has 0 bridgehead atoms. The zero-order chi connectivity index (χ0) is 9.10. The monoisotopic (exact) mass is 184 g/mol. The molecule has 2 rings (SSSR count). The van der Waals surface area contributed by atoms with Crippen LogP contribution in [0.4, 0.5) is 0 Å². The highest BCUT2D eigenvalue weighted by molar-refractivity contribution is 4.82. The van der Waals surface area contributed by atoms with Crippen molar-refractivity contribution in [3.8, 4) is 0 Å². The Kier molecular flexibility index (Phi) is 3.23. The quantitative estimate of drug-likeness (QED) is 0.725. The van der Waals surface area contributed by atoms with Crippen LogP contribution in [0.5, 0.6) is 0 Å². The highest BCUT2D eigenvalue weighted by atomic mass is 16.5. The molecule has 0 amide bonds. The predicted octanol–water partition coefficient (Wildman–Crippen LogP) is 1.82. The van der Waals surface area contributed by atoms with Gasteiger partial charge in [0.1, 0.15) is 0 Å². The molecule has 2 fully saturated rings. The summed E-state index contributed by atoms with van der Waals surface area (Å²) in [6.07, 6.45) is 6.81. The number of hydrogen-bond donors (Lipinski definition) is 1. The normalized spacial score (nSPS) is 28.4. The van der Waals surface area contributed by atoms with Gasteiger partial charge in [0.2, 0.25) is 0 Å². The van der Waals surface area contributed by atoms with Crippen LogP contribution in [-0.4, -0.2) is 24.9 Å². The Labute approximate surface area is 80.3 Å². The fourth-order valence-electron chi connectivity index (χ4n) is 2.75. The van der Waals surface area contributed by atoms with Gasteiger partial charge in [-0.25, -0.2) is 0 Å². The maximum atomic E-state index is 9.36. The second-order valence-corrected chi connectivity index (χ2v) is 4.54. The van der Waals surface area contributed by atoms with E-state index in [4.69, 9.17) is 4.74 Å². The van der Waals surface area contributed by atoms with Crippen LogP contribution < -0.4 is 0 Å². The first-order valence-corrected chi connectivity index (χ1v) is 5.60. The summed E-state index contributed by atoms with van der Waals surface area (Å²) in [5, 5.41) is 9.36. The van der Waals surface area contributed by atoms with E-state index in [-0.39, 0.29) is 0 Å². The Balaban J connectivity index is 1.86. The third-order valence-electron chi connectivity index (χ3n) is 3.74. The number of hydrogen-bond acceptors (Lipinski definition) is 2. The molecule has 2 aliphatic rings. The average Bonchev–Trinajstić information content (AvgIpc) is 2.12. The van der Waals surface area contributed by atoms with Gasteiger partial charge in [-0.15, -0.1) is 0 Å². The zero-order valence-electron chi connectivity index (χ0n) is 8.24. The SMILES string of the molecule is OCC(C1CCCCC1)C1COC1. The molecule has 0 aromatic rings. The Bertz CT molecular complexity index is 148. The maximum absolute atomic E-state index is 9.36. The minimum Gasteiger partial charge on any atom is -0.396 e. The molecule has 1 atom stereocenters. The van der Waals surface area contributed by atoms with E-state index in [1.165, 1.54) is 32.1 Å². The number of ether oxygens (including phenoxy) is 1. The second-order valence-electron chi connectivity index (χ2n) is 4.54. The first kappa shape index (κ1) is 9.47. The third kappa shape index (κ3) is 2.05. The minimum atomic E-state index is 0.374. The summed E-state index contributed by atoms with van der Waals surface area (Å²) < 4.78 is 5.20. The Morgan fingerprint density at radius 1 is 1.08 bits per heavy atom. The molecule has 1 heterocycles. The summed E-state index contributed by atoms with van der Waals surface area (Å²) in [6, 6.07) is 0. The van der Waals surface area contributed by atoms with Gasteiger partial charge in [-0.05, 0) is 11.8 Å². The summed E-state index contributed by atoms with van der Waals surface area (Å²) in [5.41, 5.74) is 0. The topological polar surface area (TPSA) is 29.5 Å². The van der Waals surface area contributed by atoms with Crippen LogP contribution >= 0.6 is 0 Å². The van der Waals surface area contributed by atoms with Crippen LogP contribution in [-0.2, 0) is 4.74 Å². The molecular weight excluding hydrogens is 164 g/mol. The minimum absolute atomic E-state index is 0.374. The molecule has 1 aliphatic heterocycles. The van der Waals surface area contributed by atoms with Crippen molar-refractivity contribution >= 4 is 0 Å². The van der Waals surface area contributed by atoms with E-state index >= 15 is 0 Å². The van der Waals surface area contributed by atoms with E-state index in [2.05, 4.69) is 0 Å². The van der Waals surface area contributed by atoms with Gasteiger partial charge in [0.05, 0.1) is 13.2 Å². The molecule has 0 aromatic carbocycles. The molecule has 1 aliphatic carbocycles. The summed E-state index contributed by atoms with van der Waals surface area (Å²) in [5.74, 6) is 1.98. The summed E-state index contributed by atoms with van der Waals surface area (Å²) in [4.78, 5) is 0. The van der Waals surface area contributed by atoms with E-state index in [9.17, 15) is 5.11 Å². The standard InChI is InChI=1S/C11H20O2/c12-6-11(10-7-13-8-10)9-4-2-1-3-5-9/h9-12H,1-8H2. The van der Waals surface area contributed by atoms with Gasteiger partial charge in [-0.3, -0.25) is 0 Å². The molecule has 1 N–H and O–H groups in total. The molecule has 0 spiro atoms. The summed E-state index contributed by atoms with van der Waals surface area (Å²) in [6.45, 7) is 2.15. The zero-order valence-corrected chi connectivity index (χ0v) is 8.24. The Hall–Kier alpha value is -0.0800. The van der Waals surface area contributed by atoms with Crippen molar-refractivity contribution in [3.63, 3.8) is 0 Å². The Morgan fingerprint density at radius 3 is 2.23 bits per heavy atom. The van der Waals surface area contributed by atoms with Crippen molar-refractivity contribution < 1.29 is 9.84 Å². The predicted molar refractivity (Wildman–Crippen MR) is 51.5 cm³/mol. The fourth-order valence-corrected chi connectivity index (χ4v) is 2.75. The highest BCUT2D eigenvalue weighted by Crippen LogP contribution is 2.36. The fraction of sp³-hybridized carbons (Fsp3) is 1.00. The first-order valence-electron chi connectivity index (χ1n) is 5.60. The van der Waals surface area contributed by atoms with Crippen molar-refractivity contribution in [2.75, 3.05) is 19.8 Å². The first-order chi connectivity index (χ1) is 6.42. The molecule has 1 unspecified atom stereocenters. The molecule has 13 heavy (non-hydrogen) atoms. The lowest BCUT2D eigenvalue weighted by Crippen LogP contribution is -2.40. The molecule has 1 saturated carbocycles. The van der Waals surface area contributed by atoms with E-state index in [1.807, 2.05) is 0 Å². The lowest BCUT2D eigenvalue weighted by Gasteiger charge is -2.39. The molecule has 0 aromatic heterocycles. The number of rotatable bonds is 3. The van der Waals surface area contributed by atoms with Crippen LogP contribution in [0, 0.1) is 17.8 Å². The van der Waals surface area contributed by atoms with Gasteiger partial charge in [0.15, 0.2) is 0 Å². The largest absolute Gasteiger partial charge is 0.396 e. The van der Waals surface area contributed by atoms with E-state index in [1.54, 1.807) is 0 Å². The van der Waals surface area contributed by atoms with Gasteiger partial charge >= 0.3 is 0 Å². The molecule has 2 nitrogen and oxygen atoms in total. The summed E-state index contributed by atoms with van der Waals surface area (Å²) >= 11 is 0. The van der Waals surface area contributed by atoms with Crippen LogP contribution in [0.25, 0.3) is 0 Å². The van der Waals surface area contributed by atoms with E-state index < -0.39 is 0 Å². The number of aliphatic hydroxyl groups excluding tert-OH is 1.